The summed E-state index contributed by atoms with van der Waals surface area (Å²) in [5.74, 6) is 1.65. The summed E-state index contributed by atoms with van der Waals surface area (Å²) in [6, 6.07) is 7.46. The Labute approximate surface area is 90.3 Å². The summed E-state index contributed by atoms with van der Waals surface area (Å²) in [4.78, 5) is 12.1. The molecule has 0 amide bonds. The Morgan fingerprint density at radius 1 is 1.40 bits per heavy atom. The number of carbonyl (C=O) groups is 1. The fourth-order valence-corrected chi connectivity index (χ4v) is 1.90. The number of para-hydroxylation sites is 1. The molecular weight excluding hydrogens is 188 g/mol. The molecule has 0 bridgehead atoms. The van der Waals surface area contributed by atoms with Gasteiger partial charge >= 0.3 is 0 Å². The van der Waals surface area contributed by atoms with Crippen molar-refractivity contribution in [3.05, 3.63) is 29.8 Å². The zero-order valence-electron chi connectivity index (χ0n) is 9.19. The molecule has 1 saturated carbocycles. The molecular formula is C13H16O2. The first-order chi connectivity index (χ1) is 7.24. The number of hydrogen-bond donors (Lipinski definition) is 0. The Hall–Kier alpha value is -1.31. The van der Waals surface area contributed by atoms with Gasteiger partial charge in [-0.15, -0.1) is 0 Å². The van der Waals surface area contributed by atoms with Gasteiger partial charge in [-0.05, 0) is 30.9 Å². The van der Waals surface area contributed by atoms with Crippen LogP contribution in [0.15, 0.2) is 24.3 Å². The largest absolute Gasteiger partial charge is 0.496 e. The first-order valence-corrected chi connectivity index (χ1v) is 5.41. The van der Waals surface area contributed by atoms with Gasteiger partial charge in [-0.3, -0.25) is 4.79 Å². The van der Waals surface area contributed by atoms with Crippen molar-refractivity contribution < 1.29 is 9.53 Å². The molecule has 2 heteroatoms. The lowest BCUT2D eigenvalue weighted by Crippen LogP contribution is -2.14. The molecule has 0 heterocycles. The highest BCUT2D eigenvalue weighted by Crippen LogP contribution is 2.39. The standard InChI is InChI=1S/C13H16O2/c1-9(10-7-8-10)13(14)11-5-3-4-6-12(11)15-2/h3-6,9-10H,7-8H2,1-2H3. The van der Waals surface area contributed by atoms with Gasteiger partial charge in [0.15, 0.2) is 5.78 Å². The molecule has 1 aliphatic rings. The van der Waals surface area contributed by atoms with Gasteiger partial charge in [0.05, 0.1) is 12.7 Å². The Kier molecular flexibility index (Phi) is 2.76. The van der Waals surface area contributed by atoms with Gasteiger partial charge in [0, 0.05) is 5.92 Å². The van der Waals surface area contributed by atoms with Gasteiger partial charge in [-0.1, -0.05) is 19.1 Å². The molecule has 1 unspecified atom stereocenters. The van der Waals surface area contributed by atoms with Crippen LogP contribution in [0.4, 0.5) is 0 Å². The molecule has 0 N–H and O–H groups in total. The highest BCUT2D eigenvalue weighted by molar-refractivity contribution is 6.00. The second-order valence-corrected chi connectivity index (χ2v) is 4.19. The predicted molar refractivity (Wildman–Crippen MR) is 59.2 cm³/mol. The van der Waals surface area contributed by atoms with Crippen LogP contribution in [0.3, 0.4) is 0 Å². The molecule has 1 aromatic carbocycles. The molecule has 1 aliphatic carbocycles. The van der Waals surface area contributed by atoms with E-state index in [2.05, 4.69) is 0 Å². The third-order valence-electron chi connectivity index (χ3n) is 3.12. The van der Waals surface area contributed by atoms with Gasteiger partial charge in [-0.25, -0.2) is 0 Å². The van der Waals surface area contributed by atoms with E-state index in [9.17, 15) is 4.79 Å². The number of ketones is 1. The average molecular weight is 204 g/mol. The van der Waals surface area contributed by atoms with E-state index in [0.717, 1.165) is 5.56 Å². The zero-order valence-corrected chi connectivity index (χ0v) is 9.19. The van der Waals surface area contributed by atoms with Crippen LogP contribution in [-0.2, 0) is 0 Å². The van der Waals surface area contributed by atoms with Crippen LogP contribution >= 0.6 is 0 Å². The highest BCUT2D eigenvalue weighted by Gasteiger charge is 2.33. The van der Waals surface area contributed by atoms with E-state index in [4.69, 9.17) is 4.74 Å². The summed E-state index contributed by atoms with van der Waals surface area (Å²) >= 11 is 0. The minimum Gasteiger partial charge on any atom is -0.496 e. The normalized spacial score (nSPS) is 17.2. The number of benzene rings is 1. The quantitative estimate of drug-likeness (QED) is 0.705. The average Bonchev–Trinajstić information content (AvgIpc) is 3.11. The van der Waals surface area contributed by atoms with Crippen molar-refractivity contribution in [3.63, 3.8) is 0 Å². The van der Waals surface area contributed by atoms with Crippen LogP contribution in [0, 0.1) is 11.8 Å². The van der Waals surface area contributed by atoms with Crippen LogP contribution < -0.4 is 4.74 Å². The molecule has 1 aromatic rings. The van der Waals surface area contributed by atoms with E-state index in [0.29, 0.717) is 11.7 Å². The van der Waals surface area contributed by atoms with E-state index in [1.165, 1.54) is 12.8 Å². The first-order valence-electron chi connectivity index (χ1n) is 5.41. The number of methoxy groups -OCH3 is 1. The number of ether oxygens (including phenoxy) is 1. The smallest absolute Gasteiger partial charge is 0.169 e. The number of Topliss-reactive ketones (excluding diaryl/α,β-unsaturated/α-hetero) is 1. The lowest BCUT2D eigenvalue weighted by molar-refractivity contribution is 0.0913. The first kappa shape index (κ1) is 10.2. The minimum atomic E-state index is 0.140. The van der Waals surface area contributed by atoms with Crippen LogP contribution in [-0.4, -0.2) is 12.9 Å². The monoisotopic (exact) mass is 204 g/mol. The van der Waals surface area contributed by atoms with Gasteiger partial charge in [-0.2, -0.15) is 0 Å². The second-order valence-electron chi connectivity index (χ2n) is 4.19. The summed E-state index contributed by atoms with van der Waals surface area (Å²) in [5, 5.41) is 0. The summed E-state index contributed by atoms with van der Waals surface area (Å²) in [7, 11) is 1.61. The molecule has 15 heavy (non-hydrogen) atoms. The SMILES string of the molecule is COc1ccccc1C(=O)C(C)C1CC1. The molecule has 1 atom stereocenters. The molecule has 0 saturated heterocycles. The van der Waals surface area contributed by atoms with E-state index in [1.54, 1.807) is 7.11 Å². The third-order valence-corrected chi connectivity index (χ3v) is 3.12. The minimum absolute atomic E-state index is 0.140. The van der Waals surface area contributed by atoms with E-state index >= 15 is 0 Å². The third kappa shape index (κ3) is 2.04. The fraction of sp³-hybridized carbons (Fsp3) is 0.462. The summed E-state index contributed by atoms with van der Waals surface area (Å²) < 4.78 is 5.20. The number of rotatable bonds is 4. The topological polar surface area (TPSA) is 26.3 Å². The lowest BCUT2D eigenvalue weighted by Gasteiger charge is -2.11. The maximum atomic E-state index is 12.1. The highest BCUT2D eigenvalue weighted by atomic mass is 16.5. The molecule has 0 aromatic heterocycles. The second kappa shape index (κ2) is 4.05. The maximum absolute atomic E-state index is 12.1. The van der Waals surface area contributed by atoms with Crippen molar-refractivity contribution in [1.82, 2.24) is 0 Å². The Balaban J connectivity index is 2.23. The molecule has 2 nitrogen and oxygen atoms in total. The predicted octanol–water partition coefficient (Wildman–Crippen LogP) is 2.92. The molecule has 0 aliphatic heterocycles. The fourth-order valence-electron chi connectivity index (χ4n) is 1.90. The van der Waals surface area contributed by atoms with E-state index < -0.39 is 0 Å². The Bertz CT molecular complexity index is 367. The van der Waals surface area contributed by atoms with Crippen LogP contribution in [0.5, 0.6) is 5.75 Å². The van der Waals surface area contributed by atoms with Crippen LogP contribution in [0.2, 0.25) is 0 Å². The van der Waals surface area contributed by atoms with Crippen molar-refractivity contribution in [3.8, 4) is 5.75 Å². The molecule has 0 radical (unpaired) electrons. The van der Waals surface area contributed by atoms with E-state index in [1.807, 2.05) is 31.2 Å². The molecule has 2 rings (SSSR count). The molecule has 1 fully saturated rings. The van der Waals surface area contributed by atoms with Crippen molar-refractivity contribution in [1.29, 1.82) is 0 Å². The number of carbonyl (C=O) groups excluding carboxylic acids is 1. The molecule has 80 valence electrons. The van der Waals surface area contributed by atoms with Crippen molar-refractivity contribution in [2.24, 2.45) is 11.8 Å². The van der Waals surface area contributed by atoms with Crippen LogP contribution in [0.1, 0.15) is 30.1 Å². The number of hydrogen-bond acceptors (Lipinski definition) is 2. The lowest BCUT2D eigenvalue weighted by atomic mass is 9.94. The zero-order chi connectivity index (χ0) is 10.8. The summed E-state index contributed by atoms with van der Waals surface area (Å²) in [5.41, 5.74) is 0.722. The van der Waals surface area contributed by atoms with E-state index in [-0.39, 0.29) is 11.7 Å². The van der Waals surface area contributed by atoms with Crippen molar-refractivity contribution in [2.45, 2.75) is 19.8 Å². The van der Waals surface area contributed by atoms with Crippen molar-refractivity contribution >= 4 is 5.78 Å². The Morgan fingerprint density at radius 2 is 2.07 bits per heavy atom. The van der Waals surface area contributed by atoms with Crippen molar-refractivity contribution in [2.75, 3.05) is 7.11 Å². The van der Waals surface area contributed by atoms with Gasteiger partial charge in [0.25, 0.3) is 0 Å². The summed E-state index contributed by atoms with van der Waals surface area (Å²) in [6.07, 6.45) is 2.39. The van der Waals surface area contributed by atoms with Gasteiger partial charge in [0.1, 0.15) is 5.75 Å². The van der Waals surface area contributed by atoms with Crippen LogP contribution in [0.25, 0.3) is 0 Å². The summed E-state index contributed by atoms with van der Waals surface area (Å²) in [6.45, 7) is 2.02. The molecule has 0 spiro atoms. The van der Waals surface area contributed by atoms with Gasteiger partial charge in [0.2, 0.25) is 0 Å². The Morgan fingerprint density at radius 3 is 2.67 bits per heavy atom. The van der Waals surface area contributed by atoms with Gasteiger partial charge < -0.3 is 4.74 Å². The maximum Gasteiger partial charge on any atom is 0.169 e.